The van der Waals surface area contributed by atoms with Crippen LogP contribution >= 0.6 is 0 Å². The summed E-state index contributed by atoms with van der Waals surface area (Å²) < 4.78 is 29.8. The highest BCUT2D eigenvalue weighted by molar-refractivity contribution is 7.92. The molecule has 5 nitrogen and oxygen atoms in total. The lowest BCUT2D eigenvalue weighted by Crippen LogP contribution is -2.10. The largest absolute Gasteiger partial charge is 0.469 e. The van der Waals surface area contributed by atoms with Crippen molar-refractivity contribution in [2.75, 3.05) is 11.0 Å². The van der Waals surface area contributed by atoms with Gasteiger partial charge in [-0.05, 0) is 30.3 Å². The minimum absolute atomic E-state index is 0.137. The first-order valence-corrected chi connectivity index (χ1v) is 7.99. The Morgan fingerprint density at radius 3 is 2.40 bits per heavy atom. The van der Waals surface area contributed by atoms with E-state index in [4.69, 9.17) is 4.42 Å². The zero-order chi connectivity index (χ0) is 14.8. The van der Waals surface area contributed by atoms with Crippen LogP contribution in [0.15, 0.2) is 41.0 Å². The first kappa shape index (κ1) is 14.3. The normalized spacial score (nSPS) is 11.3. The van der Waals surface area contributed by atoms with Crippen LogP contribution in [0.25, 0.3) is 0 Å². The maximum Gasteiger partial charge on any atom is 0.229 e. The van der Waals surface area contributed by atoms with Crippen LogP contribution in [0, 0.1) is 0 Å². The number of benzene rings is 1. The van der Waals surface area contributed by atoms with E-state index in [2.05, 4.69) is 4.72 Å². The van der Waals surface area contributed by atoms with Crippen molar-refractivity contribution in [2.24, 2.45) is 0 Å². The summed E-state index contributed by atoms with van der Waals surface area (Å²) in [6, 6.07) is 7.92. The smallest absolute Gasteiger partial charge is 0.229 e. The summed E-state index contributed by atoms with van der Waals surface area (Å²) >= 11 is 0. The van der Waals surface area contributed by atoms with Gasteiger partial charge in [-0.2, -0.15) is 0 Å². The molecule has 2 rings (SSSR count). The summed E-state index contributed by atoms with van der Waals surface area (Å²) in [5.74, 6) is 0.509. The fourth-order valence-electron chi connectivity index (χ4n) is 1.88. The van der Waals surface area contributed by atoms with Crippen LogP contribution in [-0.4, -0.2) is 20.5 Å². The van der Waals surface area contributed by atoms with E-state index in [0.717, 1.165) is 6.26 Å². The number of hydrogen-bond acceptors (Lipinski definition) is 4. The molecule has 1 aromatic heterocycles. The lowest BCUT2D eigenvalue weighted by molar-refractivity contribution is 0.103. The second kappa shape index (κ2) is 5.50. The maximum absolute atomic E-state index is 12.3. The third kappa shape index (κ3) is 3.27. The number of sulfonamides is 1. The maximum atomic E-state index is 12.3. The van der Waals surface area contributed by atoms with Crippen molar-refractivity contribution in [1.29, 1.82) is 0 Å². The highest BCUT2D eigenvalue weighted by atomic mass is 32.2. The van der Waals surface area contributed by atoms with Crippen LogP contribution in [0.2, 0.25) is 0 Å². The van der Waals surface area contributed by atoms with Crippen molar-refractivity contribution in [1.82, 2.24) is 0 Å². The highest BCUT2D eigenvalue weighted by Gasteiger charge is 2.15. The van der Waals surface area contributed by atoms with Gasteiger partial charge in [-0.3, -0.25) is 9.52 Å². The number of rotatable bonds is 5. The Balaban J connectivity index is 2.24. The van der Waals surface area contributed by atoms with E-state index < -0.39 is 10.0 Å². The van der Waals surface area contributed by atoms with E-state index in [9.17, 15) is 13.2 Å². The summed E-state index contributed by atoms with van der Waals surface area (Å²) in [6.45, 7) is 1.91. The van der Waals surface area contributed by atoms with Gasteiger partial charge in [0.25, 0.3) is 0 Å². The predicted octanol–water partition coefficient (Wildman–Crippen LogP) is 2.44. The van der Waals surface area contributed by atoms with Crippen molar-refractivity contribution in [2.45, 2.75) is 13.3 Å². The standard InChI is InChI=1S/C14H15NO4S/c1-3-13-12(8-9-19-13)14(16)10-4-6-11(7-5-10)15-20(2,17)18/h4-9,15H,3H2,1-2H3. The van der Waals surface area contributed by atoms with Crippen LogP contribution in [0.5, 0.6) is 0 Å². The Hall–Kier alpha value is -2.08. The number of carbonyl (C=O) groups is 1. The van der Waals surface area contributed by atoms with Crippen molar-refractivity contribution < 1.29 is 17.6 Å². The molecule has 0 unspecified atom stereocenters. The Kier molecular flexibility index (Phi) is 3.94. The molecule has 0 radical (unpaired) electrons. The SMILES string of the molecule is CCc1occc1C(=O)c1ccc(NS(C)(=O)=O)cc1. The average Bonchev–Trinajstić information content (AvgIpc) is 2.85. The van der Waals surface area contributed by atoms with Gasteiger partial charge < -0.3 is 4.42 Å². The molecule has 1 N–H and O–H groups in total. The molecule has 1 heterocycles. The summed E-state index contributed by atoms with van der Waals surface area (Å²) in [5, 5.41) is 0. The van der Waals surface area contributed by atoms with Crippen LogP contribution in [0.4, 0.5) is 5.69 Å². The van der Waals surface area contributed by atoms with E-state index in [0.29, 0.717) is 29.0 Å². The summed E-state index contributed by atoms with van der Waals surface area (Å²) in [5.41, 5.74) is 1.45. The number of aryl methyl sites for hydroxylation is 1. The third-order valence-electron chi connectivity index (χ3n) is 2.76. The van der Waals surface area contributed by atoms with Gasteiger partial charge in [0.2, 0.25) is 10.0 Å². The quantitative estimate of drug-likeness (QED) is 0.859. The molecule has 1 aromatic carbocycles. The van der Waals surface area contributed by atoms with Gasteiger partial charge in [0.1, 0.15) is 5.76 Å². The van der Waals surface area contributed by atoms with Gasteiger partial charge in [-0.15, -0.1) is 0 Å². The molecule has 0 saturated heterocycles. The van der Waals surface area contributed by atoms with Crippen LogP contribution < -0.4 is 4.72 Å². The van der Waals surface area contributed by atoms with Crippen LogP contribution in [-0.2, 0) is 16.4 Å². The first-order valence-electron chi connectivity index (χ1n) is 6.09. The molecule has 0 saturated carbocycles. The molecule has 0 bridgehead atoms. The Labute approximate surface area is 117 Å². The Morgan fingerprint density at radius 1 is 1.20 bits per heavy atom. The molecule has 0 amide bonds. The predicted molar refractivity (Wildman–Crippen MR) is 76.4 cm³/mol. The summed E-state index contributed by atoms with van der Waals surface area (Å²) in [7, 11) is -3.31. The zero-order valence-electron chi connectivity index (χ0n) is 11.2. The molecule has 6 heteroatoms. The van der Waals surface area contributed by atoms with Gasteiger partial charge in [0.15, 0.2) is 5.78 Å². The molecule has 2 aromatic rings. The molecule has 0 aliphatic carbocycles. The summed E-state index contributed by atoms with van der Waals surface area (Å²) in [4.78, 5) is 12.3. The number of furan rings is 1. The van der Waals surface area contributed by atoms with E-state index in [1.807, 2.05) is 6.92 Å². The van der Waals surface area contributed by atoms with Gasteiger partial charge in [-0.25, -0.2) is 8.42 Å². The molecule has 106 valence electrons. The monoisotopic (exact) mass is 293 g/mol. The lowest BCUT2D eigenvalue weighted by atomic mass is 10.0. The van der Waals surface area contributed by atoms with Gasteiger partial charge in [-0.1, -0.05) is 6.92 Å². The first-order chi connectivity index (χ1) is 9.40. The van der Waals surface area contributed by atoms with E-state index in [1.54, 1.807) is 30.3 Å². The van der Waals surface area contributed by atoms with Crippen molar-refractivity contribution in [3.05, 3.63) is 53.5 Å². The fraction of sp³-hybridized carbons (Fsp3) is 0.214. The third-order valence-corrected chi connectivity index (χ3v) is 3.37. The van der Waals surface area contributed by atoms with E-state index in [1.165, 1.54) is 6.26 Å². The molecule has 20 heavy (non-hydrogen) atoms. The Bertz CT molecular complexity index is 714. The number of carbonyl (C=O) groups excluding carboxylic acids is 1. The van der Waals surface area contributed by atoms with Crippen LogP contribution in [0.3, 0.4) is 0 Å². The van der Waals surface area contributed by atoms with Crippen LogP contribution in [0.1, 0.15) is 28.6 Å². The van der Waals surface area contributed by atoms with E-state index in [-0.39, 0.29) is 5.78 Å². The molecule has 0 atom stereocenters. The van der Waals surface area contributed by atoms with Gasteiger partial charge in [0, 0.05) is 17.7 Å². The molecule has 0 spiro atoms. The summed E-state index contributed by atoms with van der Waals surface area (Å²) in [6.07, 6.45) is 3.21. The molecule has 0 aliphatic heterocycles. The van der Waals surface area contributed by atoms with Gasteiger partial charge >= 0.3 is 0 Å². The van der Waals surface area contributed by atoms with E-state index >= 15 is 0 Å². The number of hydrogen-bond donors (Lipinski definition) is 1. The second-order valence-electron chi connectivity index (χ2n) is 4.39. The molecular weight excluding hydrogens is 278 g/mol. The number of nitrogens with one attached hydrogen (secondary N) is 1. The molecular formula is C14H15NO4S. The second-order valence-corrected chi connectivity index (χ2v) is 6.14. The minimum Gasteiger partial charge on any atom is -0.469 e. The van der Waals surface area contributed by atoms with Crippen molar-refractivity contribution in [3.63, 3.8) is 0 Å². The lowest BCUT2D eigenvalue weighted by Gasteiger charge is -2.05. The molecule has 0 fully saturated rings. The zero-order valence-corrected chi connectivity index (χ0v) is 12.0. The minimum atomic E-state index is -3.31. The average molecular weight is 293 g/mol. The Morgan fingerprint density at radius 2 is 1.85 bits per heavy atom. The highest BCUT2D eigenvalue weighted by Crippen LogP contribution is 2.18. The van der Waals surface area contributed by atoms with Gasteiger partial charge in [0.05, 0.1) is 18.1 Å². The van der Waals surface area contributed by atoms with Crippen molar-refractivity contribution in [3.8, 4) is 0 Å². The topological polar surface area (TPSA) is 76.4 Å². The fourth-order valence-corrected chi connectivity index (χ4v) is 2.44. The van der Waals surface area contributed by atoms with Crippen molar-refractivity contribution >= 4 is 21.5 Å². The number of anilines is 1. The molecule has 0 aliphatic rings. The number of ketones is 1.